The van der Waals surface area contributed by atoms with Crippen LogP contribution in [0.3, 0.4) is 0 Å². The van der Waals surface area contributed by atoms with E-state index in [0.29, 0.717) is 4.90 Å². The van der Waals surface area contributed by atoms with E-state index >= 15 is 0 Å². The molecule has 0 spiro atoms. The fourth-order valence-electron chi connectivity index (χ4n) is 7.25. The zero-order chi connectivity index (χ0) is 41.6. The molecule has 0 unspecified atom stereocenters. The molecule has 0 aliphatic heterocycles. The summed E-state index contributed by atoms with van der Waals surface area (Å²) in [7, 11) is -10.5. The van der Waals surface area contributed by atoms with Crippen molar-refractivity contribution >= 4 is 20.0 Å². The fourth-order valence-corrected chi connectivity index (χ4v) is 9.55. The minimum absolute atomic E-state index is 0.256. The summed E-state index contributed by atoms with van der Waals surface area (Å²) in [5.41, 5.74) is 12.2. The molecule has 5 aromatic rings. The van der Waals surface area contributed by atoms with Gasteiger partial charge in [-0.1, -0.05) is 116 Å². The zero-order valence-electron chi connectivity index (χ0n) is 29.6. The third kappa shape index (κ3) is 7.58. The minimum atomic E-state index is -7.37. The Kier molecular flexibility index (Phi) is 11.2. The van der Waals surface area contributed by atoms with Gasteiger partial charge in [-0.05, 0) is 93.1 Å². The Balaban J connectivity index is 0.000000275. The van der Waals surface area contributed by atoms with Gasteiger partial charge >= 0.3 is 33.4 Å². The molecule has 0 bridgehead atoms. The van der Waals surface area contributed by atoms with Crippen molar-refractivity contribution in [2.24, 2.45) is 0 Å². The number of fused-ring (bicyclic) bond motifs is 3. The van der Waals surface area contributed by atoms with E-state index in [0.717, 1.165) is 55.2 Å². The van der Waals surface area contributed by atoms with Crippen LogP contribution in [0.5, 0.6) is 0 Å². The summed E-state index contributed by atoms with van der Waals surface area (Å²) >= 11 is 0. The molecular weight excluding hydrogens is 808 g/mol. The van der Waals surface area contributed by atoms with E-state index in [2.05, 4.69) is 91.0 Å². The molecule has 302 valence electrons. The van der Waals surface area contributed by atoms with Crippen molar-refractivity contribution in [3.05, 3.63) is 126 Å². The van der Waals surface area contributed by atoms with Crippen LogP contribution < -0.4 is 0 Å². The van der Waals surface area contributed by atoms with E-state index in [-0.39, 0.29) is 5.25 Å². The van der Waals surface area contributed by atoms with Gasteiger partial charge in [0, 0.05) is 0 Å². The fraction of sp³-hybridized carbons (Fsp3) is 0.268. The van der Waals surface area contributed by atoms with Crippen LogP contribution in [-0.4, -0.2) is 49.9 Å². The SMILES string of the molecule is O=S(=O)(O)C(F)(F)C(F)(F)C(F)(F)C(F)(F)F.O=S(=O)(c1ccc(-c2cc3c(c(-c4ccccc4)c2-c2ccccc2)Cc2ccccc2-3)cc1)C1CCCCC1. The Hall–Kier alpha value is -4.67. The van der Waals surface area contributed by atoms with Crippen molar-refractivity contribution in [1.29, 1.82) is 0 Å². The minimum Gasteiger partial charge on any atom is -0.281 e. The van der Waals surface area contributed by atoms with Gasteiger partial charge in [-0.15, -0.1) is 0 Å². The molecule has 5 aromatic carbocycles. The molecule has 0 saturated heterocycles. The van der Waals surface area contributed by atoms with E-state index < -0.39 is 43.2 Å². The summed E-state index contributed by atoms with van der Waals surface area (Å²) in [6.45, 7) is 0. The van der Waals surface area contributed by atoms with Gasteiger partial charge in [-0.25, -0.2) is 8.42 Å². The van der Waals surface area contributed by atoms with Crippen LogP contribution in [0.4, 0.5) is 39.5 Å². The Bertz CT molecular complexity index is 2470. The van der Waals surface area contributed by atoms with E-state index in [1.165, 1.54) is 38.9 Å². The third-order valence-corrected chi connectivity index (χ3v) is 13.3. The van der Waals surface area contributed by atoms with Gasteiger partial charge in [0.15, 0.2) is 9.84 Å². The molecule has 7 rings (SSSR count). The van der Waals surface area contributed by atoms with Crippen molar-refractivity contribution in [3.63, 3.8) is 0 Å². The number of sulfone groups is 1. The summed E-state index contributed by atoms with van der Waals surface area (Å²) in [4.78, 5) is 0.444. The van der Waals surface area contributed by atoms with Gasteiger partial charge in [0.2, 0.25) is 0 Å². The molecule has 0 aromatic heterocycles. The molecule has 1 saturated carbocycles. The molecule has 0 amide bonds. The highest BCUT2D eigenvalue weighted by molar-refractivity contribution is 7.92. The lowest BCUT2D eigenvalue weighted by molar-refractivity contribution is -0.382. The first kappa shape index (κ1) is 41.9. The van der Waals surface area contributed by atoms with Gasteiger partial charge in [0.05, 0.1) is 10.1 Å². The van der Waals surface area contributed by atoms with Gasteiger partial charge in [-0.3, -0.25) is 4.55 Å². The van der Waals surface area contributed by atoms with Gasteiger partial charge in [0.1, 0.15) is 0 Å². The maximum absolute atomic E-state index is 13.5. The Morgan fingerprint density at radius 3 is 1.56 bits per heavy atom. The van der Waals surface area contributed by atoms with Crippen LogP contribution in [-0.2, 0) is 26.4 Å². The highest BCUT2D eigenvalue weighted by Gasteiger charge is 2.85. The number of rotatable bonds is 8. The standard InChI is InChI=1S/C37H32O2S.C4HF9O3S/c38-40(39,30-17-8-3-9-18-30)31-22-20-26(21-23-31)33-25-34-32-19-11-10-16-29(32)24-35(34)37(28-14-6-2-7-15-28)36(33)27-12-4-1-5-13-27;5-1(6,3(9,10)11)2(7,8)4(12,13)17(14,15)16/h1-2,4-7,10-16,19-23,25,30H,3,8-9,17-18,24H2;(H,14,15,16). The summed E-state index contributed by atoms with van der Waals surface area (Å²) in [6, 6.07) is 40.0. The van der Waals surface area contributed by atoms with E-state index in [1.54, 1.807) is 0 Å². The second-order valence-corrected chi connectivity index (χ2v) is 17.4. The zero-order valence-corrected chi connectivity index (χ0v) is 31.2. The number of hydrogen-bond donors (Lipinski definition) is 1. The predicted octanol–water partition coefficient (Wildman–Crippen LogP) is 11.7. The Morgan fingerprint density at radius 1 is 0.526 bits per heavy atom. The van der Waals surface area contributed by atoms with Crippen LogP contribution in [0.25, 0.3) is 44.5 Å². The molecule has 2 aliphatic carbocycles. The average molecular weight is 841 g/mol. The van der Waals surface area contributed by atoms with Crippen LogP contribution in [0, 0.1) is 0 Å². The summed E-state index contributed by atoms with van der Waals surface area (Å²) in [5, 5.41) is -7.26. The normalized spacial score (nSPS) is 15.3. The average Bonchev–Trinajstić information content (AvgIpc) is 3.56. The van der Waals surface area contributed by atoms with E-state index in [1.807, 2.05) is 24.3 Å². The first-order chi connectivity index (χ1) is 26.6. The van der Waals surface area contributed by atoms with Crippen molar-refractivity contribution < 1.29 is 60.9 Å². The highest BCUT2D eigenvalue weighted by Crippen LogP contribution is 2.55. The second kappa shape index (κ2) is 15.3. The topological polar surface area (TPSA) is 88.5 Å². The van der Waals surface area contributed by atoms with E-state index in [4.69, 9.17) is 4.55 Å². The molecule has 16 heteroatoms. The molecular formula is C41H33F9O5S2. The van der Waals surface area contributed by atoms with Crippen molar-refractivity contribution in [2.45, 2.75) is 71.9 Å². The predicted molar refractivity (Wildman–Crippen MR) is 197 cm³/mol. The number of hydrogen-bond acceptors (Lipinski definition) is 4. The molecule has 2 aliphatic rings. The first-order valence-electron chi connectivity index (χ1n) is 17.5. The van der Waals surface area contributed by atoms with Crippen molar-refractivity contribution in [2.75, 3.05) is 0 Å². The van der Waals surface area contributed by atoms with Crippen LogP contribution in [0.1, 0.15) is 43.2 Å². The maximum Gasteiger partial charge on any atom is 0.460 e. The lowest BCUT2D eigenvalue weighted by atomic mass is 9.82. The summed E-state index contributed by atoms with van der Waals surface area (Å²) < 4.78 is 161. The van der Waals surface area contributed by atoms with Gasteiger partial charge in [0.25, 0.3) is 0 Å². The highest BCUT2D eigenvalue weighted by atomic mass is 32.2. The van der Waals surface area contributed by atoms with Crippen molar-refractivity contribution in [3.8, 4) is 44.5 Å². The quantitative estimate of drug-likeness (QED) is 0.122. The van der Waals surface area contributed by atoms with Crippen LogP contribution in [0.2, 0.25) is 0 Å². The molecule has 1 fully saturated rings. The second-order valence-electron chi connectivity index (χ2n) is 13.7. The van der Waals surface area contributed by atoms with E-state index in [9.17, 15) is 56.3 Å². The van der Waals surface area contributed by atoms with Crippen LogP contribution >= 0.6 is 0 Å². The van der Waals surface area contributed by atoms with Gasteiger partial charge in [-0.2, -0.15) is 47.9 Å². The number of alkyl halides is 9. The molecule has 0 heterocycles. The summed E-state index contributed by atoms with van der Waals surface area (Å²) in [5.74, 6) is -14.7. The first-order valence-corrected chi connectivity index (χ1v) is 20.5. The Labute approximate surface area is 322 Å². The Morgan fingerprint density at radius 2 is 1.04 bits per heavy atom. The third-order valence-electron chi connectivity index (χ3n) is 10.2. The molecule has 1 N–H and O–H groups in total. The number of halogens is 9. The van der Waals surface area contributed by atoms with Crippen molar-refractivity contribution in [1.82, 2.24) is 0 Å². The monoisotopic (exact) mass is 840 g/mol. The largest absolute Gasteiger partial charge is 0.460 e. The maximum atomic E-state index is 13.5. The summed E-state index contributed by atoms with van der Waals surface area (Å²) in [6.07, 6.45) is -1.56. The lowest BCUT2D eigenvalue weighted by Gasteiger charge is -2.31. The lowest BCUT2D eigenvalue weighted by Crippen LogP contribution is -2.63. The van der Waals surface area contributed by atoms with Gasteiger partial charge < -0.3 is 0 Å². The smallest absolute Gasteiger partial charge is 0.281 e. The molecule has 5 nitrogen and oxygen atoms in total. The molecule has 57 heavy (non-hydrogen) atoms. The molecule has 0 radical (unpaired) electrons. The molecule has 0 atom stereocenters. The van der Waals surface area contributed by atoms with Crippen LogP contribution in [0.15, 0.2) is 120 Å². The number of benzene rings is 5.